The fourth-order valence-corrected chi connectivity index (χ4v) is 2.84. The van der Waals surface area contributed by atoms with E-state index in [1.165, 1.54) is 0 Å². The van der Waals surface area contributed by atoms with Crippen molar-refractivity contribution in [3.8, 4) is 11.5 Å². The van der Waals surface area contributed by atoms with Gasteiger partial charge in [0.05, 0.1) is 24.8 Å². The van der Waals surface area contributed by atoms with Crippen LogP contribution in [0.25, 0.3) is 0 Å². The molecule has 1 aromatic carbocycles. The quantitative estimate of drug-likeness (QED) is 0.816. The molecule has 1 fully saturated rings. The van der Waals surface area contributed by atoms with Crippen molar-refractivity contribution in [1.29, 1.82) is 0 Å². The summed E-state index contributed by atoms with van der Waals surface area (Å²) in [6.45, 7) is 3.72. The Morgan fingerprint density at radius 1 is 1.43 bits per heavy atom. The molecule has 0 bridgehead atoms. The van der Waals surface area contributed by atoms with E-state index < -0.39 is 0 Å². The molecule has 0 saturated carbocycles. The van der Waals surface area contributed by atoms with Gasteiger partial charge in [0.15, 0.2) is 11.5 Å². The summed E-state index contributed by atoms with van der Waals surface area (Å²) in [4.78, 5) is 12.1. The van der Waals surface area contributed by atoms with Crippen molar-refractivity contribution in [2.24, 2.45) is 0 Å². The van der Waals surface area contributed by atoms with Gasteiger partial charge in [-0.1, -0.05) is 18.0 Å². The Balaban J connectivity index is 0.00000264. The van der Waals surface area contributed by atoms with Gasteiger partial charge in [-0.05, 0) is 44.0 Å². The van der Waals surface area contributed by atoms with Crippen LogP contribution < -0.4 is 20.1 Å². The van der Waals surface area contributed by atoms with Gasteiger partial charge in [0.1, 0.15) is 0 Å². The zero-order valence-electron chi connectivity index (χ0n) is 13.5. The summed E-state index contributed by atoms with van der Waals surface area (Å²) in [5.41, 5.74) is 0.884. The third-order valence-electron chi connectivity index (χ3n) is 3.67. The first-order valence-electron chi connectivity index (χ1n) is 7.66. The molecule has 1 aliphatic rings. The maximum atomic E-state index is 12.1. The topological polar surface area (TPSA) is 59.6 Å². The van der Waals surface area contributed by atoms with E-state index in [9.17, 15) is 4.79 Å². The van der Waals surface area contributed by atoms with Crippen LogP contribution in [0, 0.1) is 0 Å². The van der Waals surface area contributed by atoms with E-state index in [-0.39, 0.29) is 24.4 Å². The van der Waals surface area contributed by atoms with Gasteiger partial charge in [0.25, 0.3) is 0 Å². The lowest BCUT2D eigenvalue weighted by molar-refractivity contribution is -0.123. The Morgan fingerprint density at radius 2 is 2.22 bits per heavy atom. The van der Waals surface area contributed by atoms with E-state index in [1.807, 2.05) is 13.0 Å². The number of piperidine rings is 1. The van der Waals surface area contributed by atoms with Crippen LogP contribution in [0.4, 0.5) is 0 Å². The Labute approximate surface area is 148 Å². The van der Waals surface area contributed by atoms with E-state index in [4.69, 9.17) is 21.1 Å². The first kappa shape index (κ1) is 19.9. The van der Waals surface area contributed by atoms with Crippen molar-refractivity contribution < 1.29 is 14.3 Å². The highest BCUT2D eigenvalue weighted by atomic mass is 35.5. The number of hydrogen-bond acceptors (Lipinski definition) is 4. The number of halogens is 2. The standard InChI is InChI=1S/C16H23ClN2O3.ClH/c1-3-22-15-12(17)8-11(9-14(15)21-2)10-19-16(20)13-6-4-5-7-18-13;/h8-9,13,18H,3-7,10H2,1-2H3,(H,19,20);1H. The number of methoxy groups -OCH3 is 1. The van der Waals surface area contributed by atoms with Crippen molar-refractivity contribution in [3.05, 3.63) is 22.7 Å². The van der Waals surface area contributed by atoms with Gasteiger partial charge in [-0.3, -0.25) is 4.79 Å². The average molecular weight is 363 g/mol. The summed E-state index contributed by atoms with van der Waals surface area (Å²) in [5, 5.41) is 6.66. The molecule has 1 amide bonds. The molecule has 0 radical (unpaired) electrons. The predicted octanol–water partition coefficient (Wildman–Crippen LogP) is 2.93. The predicted molar refractivity (Wildman–Crippen MR) is 93.9 cm³/mol. The summed E-state index contributed by atoms with van der Waals surface area (Å²) in [7, 11) is 1.57. The van der Waals surface area contributed by atoms with Crippen LogP contribution in [0.15, 0.2) is 12.1 Å². The van der Waals surface area contributed by atoms with Crippen LogP contribution in [-0.2, 0) is 11.3 Å². The first-order valence-corrected chi connectivity index (χ1v) is 8.03. The van der Waals surface area contributed by atoms with Crippen molar-refractivity contribution >= 4 is 29.9 Å². The number of nitrogens with one attached hydrogen (secondary N) is 2. The summed E-state index contributed by atoms with van der Waals surface area (Å²) in [5.74, 6) is 1.15. The van der Waals surface area contributed by atoms with Gasteiger partial charge in [-0.25, -0.2) is 0 Å². The van der Waals surface area contributed by atoms with Crippen molar-refractivity contribution in [2.45, 2.75) is 38.8 Å². The highest BCUT2D eigenvalue weighted by Crippen LogP contribution is 2.36. The smallest absolute Gasteiger partial charge is 0.237 e. The lowest BCUT2D eigenvalue weighted by atomic mass is 10.0. The third-order valence-corrected chi connectivity index (χ3v) is 3.95. The van der Waals surface area contributed by atoms with Crippen LogP contribution in [0.1, 0.15) is 31.7 Å². The molecule has 1 atom stereocenters. The fraction of sp³-hybridized carbons (Fsp3) is 0.562. The molecule has 1 unspecified atom stereocenters. The molecule has 0 spiro atoms. The number of hydrogen-bond donors (Lipinski definition) is 2. The maximum Gasteiger partial charge on any atom is 0.237 e. The normalized spacial score (nSPS) is 17.1. The van der Waals surface area contributed by atoms with Gasteiger partial charge in [-0.2, -0.15) is 0 Å². The molecule has 0 aromatic heterocycles. The molecule has 2 rings (SSSR count). The Kier molecular flexibility index (Phi) is 8.52. The van der Waals surface area contributed by atoms with E-state index in [0.29, 0.717) is 29.7 Å². The zero-order valence-corrected chi connectivity index (χ0v) is 15.1. The van der Waals surface area contributed by atoms with Gasteiger partial charge in [-0.15, -0.1) is 12.4 Å². The molecule has 1 aliphatic heterocycles. The van der Waals surface area contributed by atoms with Crippen LogP contribution in [0.2, 0.25) is 5.02 Å². The summed E-state index contributed by atoms with van der Waals surface area (Å²) in [6, 6.07) is 3.54. The van der Waals surface area contributed by atoms with Crippen LogP contribution >= 0.6 is 24.0 Å². The number of carbonyl (C=O) groups is 1. The number of carbonyl (C=O) groups excluding carboxylic acids is 1. The summed E-state index contributed by atoms with van der Waals surface area (Å²) in [6.07, 6.45) is 3.11. The van der Waals surface area contributed by atoms with Crippen molar-refractivity contribution in [1.82, 2.24) is 10.6 Å². The molecule has 1 saturated heterocycles. The fourth-order valence-electron chi connectivity index (χ4n) is 2.55. The molecule has 1 aromatic rings. The maximum absolute atomic E-state index is 12.1. The second kappa shape index (κ2) is 9.85. The molecule has 5 nitrogen and oxygen atoms in total. The largest absolute Gasteiger partial charge is 0.493 e. The minimum Gasteiger partial charge on any atom is -0.493 e. The Morgan fingerprint density at radius 3 is 2.83 bits per heavy atom. The van der Waals surface area contributed by atoms with Crippen molar-refractivity contribution in [2.75, 3.05) is 20.3 Å². The van der Waals surface area contributed by atoms with Crippen LogP contribution in [-0.4, -0.2) is 32.2 Å². The van der Waals surface area contributed by atoms with E-state index in [1.54, 1.807) is 13.2 Å². The molecule has 7 heteroatoms. The second-order valence-electron chi connectivity index (χ2n) is 5.26. The first-order chi connectivity index (χ1) is 10.7. The summed E-state index contributed by atoms with van der Waals surface area (Å²) < 4.78 is 10.8. The van der Waals surface area contributed by atoms with Crippen LogP contribution in [0.3, 0.4) is 0 Å². The third kappa shape index (κ3) is 5.44. The minimum atomic E-state index is -0.0891. The highest BCUT2D eigenvalue weighted by Gasteiger charge is 2.20. The van der Waals surface area contributed by atoms with Crippen LogP contribution in [0.5, 0.6) is 11.5 Å². The number of ether oxygens (including phenoxy) is 2. The molecule has 130 valence electrons. The molecule has 2 N–H and O–H groups in total. The highest BCUT2D eigenvalue weighted by molar-refractivity contribution is 6.32. The van der Waals surface area contributed by atoms with Crippen molar-refractivity contribution in [3.63, 3.8) is 0 Å². The number of benzene rings is 1. The minimum absolute atomic E-state index is 0. The molecular formula is C16H24Cl2N2O3. The molecule has 23 heavy (non-hydrogen) atoms. The van der Waals surface area contributed by atoms with Gasteiger partial charge in [0, 0.05) is 6.54 Å². The van der Waals surface area contributed by atoms with E-state index >= 15 is 0 Å². The number of amides is 1. The van der Waals surface area contributed by atoms with E-state index in [2.05, 4.69) is 10.6 Å². The van der Waals surface area contributed by atoms with Gasteiger partial charge >= 0.3 is 0 Å². The monoisotopic (exact) mass is 362 g/mol. The number of rotatable bonds is 6. The molecular weight excluding hydrogens is 339 g/mol. The molecule has 0 aliphatic carbocycles. The lowest BCUT2D eigenvalue weighted by Gasteiger charge is -2.22. The molecule has 1 heterocycles. The zero-order chi connectivity index (χ0) is 15.9. The van der Waals surface area contributed by atoms with Gasteiger partial charge in [0.2, 0.25) is 5.91 Å². The van der Waals surface area contributed by atoms with E-state index in [0.717, 1.165) is 31.4 Å². The summed E-state index contributed by atoms with van der Waals surface area (Å²) >= 11 is 6.23. The Bertz CT molecular complexity index is 520. The SMILES string of the molecule is CCOc1c(Cl)cc(CNC(=O)C2CCCCN2)cc1OC.Cl. The second-order valence-corrected chi connectivity index (χ2v) is 5.67. The Hall–Kier alpha value is -1.17. The average Bonchev–Trinajstić information content (AvgIpc) is 2.55. The lowest BCUT2D eigenvalue weighted by Crippen LogP contribution is -2.46. The van der Waals surface area contributed by atoms with Gasteiger partial charge < -0.3 is 20.1 Å².